The highest BCUT2D eigenvalue weighted by atomic mass is 16.6. The second-order valence-electron chi connectivity index (χ2n) is 6.76. The number of aliphatic hydroxyl groups is 1. The average Bonchev–Trinajstić information content (AvgIpc) is 3.18. The number of carbonyl (C=O) groups is 2. The second-order valence-corrected chi connectivity index (χ2v) is 6.76. The fourth-order valence-electron chi connectivity index (χ4n) is 2.62. The van der Waals surface area contributed by atoms with Gasteiger partial charge in [-0.3, -0.25) is 4.79 Å². The molecule has 6 nitrogen and oxygen atoms in total. The van der Waals surface area contributed by atoms with Crippen molar-refractivity contribution in [3.63, 3.8) is 0 Å². The SMILES string of the molecule is C=CC(/C=C\C=C/C)C(=O)O[C@H](C)C1CC(C)C(O)O1.CC.CC.O=C(O)c1ccccc1. The number of hydrogen-bond donors (Lipinski definition) is 2. The summed E-state index contributed by atoms with van der Waals surface area (Å²) in [6.45, 7) is 17.2. The number of rotatable bonds is 7. The molecule has 186 valence electrons. The minimum absolute atomic E-state index is 0.0611. The Kier molecular flexibility index (Phi) is 19.6. The van der Waals surface area contributed by atoms with E-state index in [1.165, 1.54) is 0 Å². The van der Waals surface area contributed by atoms with Crippen LogP contribution in [0.4, 0.5) is 0 Å². The van der Waals surface area contributed by atoms with Crippen LogP contribution >= 0.6 is 0 Å². The van der Waals surface area contributed by atoms with Crippen LogP contribution in [0.5, 0.6) is 0 Å². The number of ether oxygens (including phenoxy) is 2. The number of carboxylic acid groups (broad SMARTS) is 1. The maximum atomic E-state index is 12.0. The van der Waals surface area contributed by atoms with Crippen molar-refractivity contribution >= 4 is 11.9 Å². The van der Waals surface area contributed by atoms with Gasteiger partial charge in [0.25, 0.3) is 0 Å². The van der Waals surface area contributed by atoms with Crippen LogP contribution in [0.25, 0.3) is 0 Å². The number of allylic oxidation sites excluding steroid dienone is 3. The Hall–Kier alpha value is -2.70. The highest BCUT2D eigenvalue weighted by Crippen LogP contribution is 2.27. The van der Waals surface area contributed by atoms with Gasteiger partial charge in [-0.1, -0.05) is 83.2 Å². The molecule has 1 aliphatic rings. The monoisotopic (exact) mass is 462 g/mol. The molecule has 0 spiro atoms. The van der Waals surface area contributed by atoms with E-state index in [1.54, 1.807) is 55.5 Å². The van der Waals surface area contributed by atoms with Crippen molar-refractivity contribution in [1.82, 2.24) is 0 Å². The summed E-state index contributed by atoms with van der Waals surface area (Å²) in [4.78, 5) is 22.2. The number of hydrogen-bond acceptors (Lipinski definition) is 5. The van der Waals surface area contributed by atoms with Gasteiger partial charge in [-0.15, -0.1) is 6.58 Å². The van der Waals surface area contributed by atoms with Crippen molar-refractivity contribution in [1.29, 1.82) is 0 Å². The molecule has 0 radical (unpaired) electrons. The van der Waals surface area contributed by atoms with Gasteiger partial charge in [0.15, 0.2) is 6.29 Å². The van der Waals surface area contributed by atoms with Gasteiger partial charge in [0.2, 0.25) is 0 Å². The fraction of sp³-hybridized carbons (Fsp3) is 0.481. The van der Waals surface area contributed by atoms with Crippen molar-refractivity contribution in [3.05, 3.63) is 72.9 Å². The quantitative estimate of drug-likeness (QED) is 0.292. The van der Waals surface area contributed by atoms with Crippen LogP contribution in [0, 0.1) is 11.8 Å². The second kappa shape index (κ2) is 19.9. The lowest BCUT2D eigenvalue weighted by molar-refractivity contribution is -0.166. The highest BCUT2D eigenvalue weighted by Gasteiger charge is 2.36. The molecule has 0 amide bonds. The molecule has 1 saturated heterocycles. The van der Waals surface area contributed by atoms with Crippen LogP contribution in [0.3, 0.4) is 0 Å². The first kappa shape index (κ1) is 32.5. The zero-order valence-corrected chi connectivity index (χ0v) is 21.1. The van der Waals surface area contributed by atoms with Gasteiger partial charge in [-0.05, 0) is 32.4 Å². The van der Waals surface area contributed by atoms with Crippen molar-refractivity contribution < 1.29 is 29.3 Å². The third-order valence-electron chi connectivity index (χ3n) is 4.40. The summed E-state index contributed by atoms with van der Waals surface area (Å²) >= 11 is 0. The Morgan fingerprint density at radius 3 is 2.12 bits per heavy atom. The number of esters is 1. The summed E-state index contributed by atoms with van der Waals surface area (Å²) in [7, 11) is 0. The lowest BCUT2D eigenvalue weighted by Crippen LogP contribution is -2.30. The van der Waals surface area contributed by atoms with Gasteiger partial charge in [0.1, 0.15) is 6.10 Å². The zero-order valence-electron chi connectivity index (χ0n) is 21.1. The number of aliphatic hydroxyl groups excluding tert-OH is 1. The fourth-order valence-corrected chi connectivity index (χ4v) is 2.62. The lowest BCUT2D eigenvalue weighted by Gasteiger charge is -2.20. The predicted molar refractivity (Wildman–Crippen MR) is 134 cm³/mol. The molecular formula is C27H42O6. The number of benzene rings is 1. The molecule has 1 heterocycles. The standard InChI is InChI=1S/C16H24O4.C7H6O2.2C2H6/c1-5-7-8-9-13(6-2)16(18)19-12(4)14-10-11(3)15(17)20-14;8-7(9)6-4-2-1-3-5-6;2*1-2/h5-9,11-15,17H,2,10H2,1,3-4H3;1-5H,(H,8,9);2*1-2H3/b7-5-,9-8-;;;/t11?,12-,13?,14?,15?;;;/m1.../s1. The third kappa shape index (κ3) is 13.4. The number of aromatic carboxylic acids is 1. The summed E-state index contributed by atoms with van der Waals surface area (Å²) in [6, 6.07) is 8.30. The van der Waals surface area contributed by atoms with E-state index in [-0.39, 0.29) is 24.1 Å². The van der Waals surface area contributed by atoms with Gasteiger partial charge in [-0.25, -0.2) is 4.79 Å². The summed E-state index contributed by atoms with van der Waals surface area (Å²) < 4.78 is 10.8. The lowest BCUT2D eigenvalue weighted by atomic mass is 10.0. The molecule has 2 N–H and O–H groups in total. The Morgan fingerprint density at radius 2 is 1.73 bits per heavy atom. The Balaban J connectivity index is 0. The third-order valence-corrected chi connectivity index (χ3v) is 4.40. The van der Waals surface area contributed by atoms with Gasteiger partial charge < -0.3 is 19.7 Å². The van der Waals surface area contributed by atoms with Crippen LogP contribution in [0.1, 0.15) is 65.2 Å². The number of carboxylic acids is 1. The Morgan fingerprint density at radius 1 is 1.15 bits per heavy atom. The molecule has 2 rings (SSSR count). The molecule has 0 aliphatic carbocycles. The van der Waals surface area contributed by atoms with Gasteiger partial charge in [-0.2, -0.15) is 0 Å². The average molecular weight is 463 g/mol. The first-order chi connectivity index (χ1) is 15.8. The zero-order chi connectivity index (χ0) is 25.8. The van der Waals surface area contributed by atoms with Gasteiger partial charge in [0, 0.05) is 5.92 Å². The van der Waals surface area contributed by atoms with E-state index in [4.69, 9.17) is 14.6 Å². The van der Waals surface area contributed by atoms with Crippen molar-refractivity contribution in [2.75, 3.05) is 0 Å². The Labute approximate surface area is 199 Å². The van der Waals surface area contributed by atoms with E-state index < -0.39 is 18.2 Å². The largest absolute Gasteiger partial charge is 0.478 e. The van der Waals surface area contributed by atoms with E-state index in [2.05, 4.69) is 6.58 Å². The van der Waals surface area contributed by atoms with Gasteiger partial charge in [0.05, 0.1) is 17.6 Å². The molecule has 5 atom stereocenters. The van der Waals surface area contributed by atoms with Crippen LogP contribution in [-0.4, -0.2) is 40.6 Å². The summed E-state index contributed by atoms with van der Waals surface area (Å²) in [5, 5.41) is 17.9. The van der Waals surface area contributed by atoms with Crippen LogP contribution in [0.2, 0.25) is 0 Å². The van der Waals surface area contributed by atoms with E-state index in [0.717, 1.165) is 0 Å². The smallest absolute Gasteiger partial charge is 0.335 e. The highest BCUT2D eigenvalue weighted by molar-refractivity contribution is 5.87. The molecule has 4 unspecified atom stereocenters. The molecular weight excluding hydrogens is 420 g/mol. The number of carbonyl (C=O) groups excluding carboxylic acids is 1. The molecule has 1 aliphatic heterocycles. The molecule has 33 heavy (non-hydrogen) atoms. The predicted octanol–water partition coefficient (Wildman–Crippen LogP) is 6.03. The minimum Gasteiger partial charge on any atom is -0.478 e. The van der Waals surface area contributed by atoms with E-state index in [0.29, 0.717) is 12.0 Å². The van der Waals surface area contributed by atoms with E-state index in [9.17, 15) is 14.7 Å². The van der Waals surface area contributed by atoms with Gasteiger partial charge >= 0.3 is 11.9 Å². The van der Waals surface area contributed by atoms with E-state index in [1.807, 2.05) is 53.7 Å². The molecule has 0 saturated carbocycles. The first-order valence-electron chi connectivity index (χ1n) is 11.5. The molecule has 0 bridgehead atoms. The molecule has 1 aromatic carbocycles. The maximum Gasteiger partial charge on any atom is 0.335 e. The van der Waals surface area contributed by atoms with Crippen molar-refractivity contribution in [2.24, 2.45) is 11.8 Å². The van der Waals surface area contributed by atoms with Crippen molar-refractivity contribution in [2.45, 2.75) is 73.4 Å². The molecule has 6 heteroatoms. The van der Waals surface area contributed by atoms with Crippen LogP contribution in [-0.2, 0) is 14.3 Å². The first-order valence-corrected chi connectivity index (χ1v) is 11.5. The maximum absolute atomic E-state index is 12.0. The minimum atomic E-state index is -0.879. The van der Waals surface area contributed by atoms with E-state index >= 15 is 0 Å². The summed E-state index contributed by atoms with van der Waals surface area (Å²) in [5.74, 6) is -1.65. The topological polar surface area (TPSA) is 93.1 Å². The molecule has 1 fully saturated rings. The molecule has 1 aromatic rings. The van der Waals surface area contributed by atoms with Crippen LogP contribution in [0.15, 0.2) is 67.3 Å². The summed E-state index contributed by atoms with van der Waals surface area (Å²) in [5.41, 5.74) is 0.331. The summed E-state index contributed by atoms with van der Waals surface area (Å²) in [6.07, 6.45) is 8.04. The molecule has 0 aromatic heterocycles. The normalized spacial score (nSPS) is 20.8. The van der Waals surface area contributed by atoms with Crippen LogP contribution < -0.4 is 0 Å². The Bertz CT molecular complexity index is 701. The van der Waals surface area contributed by atoms with Crippen molar-refractivity contribution in [3.8, 4) is 0 Å².